The number of aromatic amines is 1. The van der Waals surface area contributed by atoms with E-state index in [4.69, 9.17) is 4.74 Å². The molecule has 0 saturated carbocycles. The maximum atomic E-state index is 12.2. The highest BCUT2D eigenvalue weighted by atomic mass is 32.2. The molecule has 1 aromatic heterocycles. The molecule has 30 heavy (non-hydrogen) atoms. The summed E-state index contributed by atoms with van der Waals surface area (Å²) in [6.07, 6.45) is 5.91. The third-order valence-electron chi connectivity index (χ3n) is 5.14. The average molecular weight is 436 g/mol. The molecule has 8 nitrogen and oxygen atoms in total. The Balaban J connectivity index is 1.44. The van der Waals surface area contributed by atoms with Gasteiger partial charge in [-0.3, -0.25) is 4.99 Å². The summed E-state index contributed by atoms with van der Waals surface area (Å²) >= 11 is 0. The number of guanidine groups is 1. The lowest BCUT2D eigenvalue weighted by molar-refractivity contribution is 0.0200. The second-order valence-electron chi connectivity index (χ2n) is 7.45. The summed E-state index contributed by atoms with van der Waals surface area (Å²) in [5.41, 5.74) is 2.37. The fourth-order valence-electron chi connectivity index (χ4n) is 3.53. The second-order valence-corrected chi connectivity index (χ2v) is 9.38. The molecule has 1 unspecified atom stereocenters. The minimum Gasteiger partial charge on any atom is -0.377 e. The van der Waals surface area contributed by atoms with Crippen molar-refractivity contribution in [3.63, 3.8) is 0 Å². The van der Waals surface area contributed by atoms with Crippen molar-refractivity contribution in [3.05, 3.63) is 36.0 Å². The topological polar surface area (TPSA) is 108 Å². The molecule has 3 rings (SSSR count). The molecule has 1 aromatic carbocycles. The summed E-state index contributed by atoms with van der Waals surface area (Å²) in [7, 11) is -3.37. The van der Waals surface area contributed by atoms with Crippen LogP contribution in [0, 0.1) is 0 Å². The summed E-state index contributed by atoms with van der Waals surface area (Å²) in [5.74, 6) is 0.585. The van der Waals surface area contributed by atoms with Gasteiger partial charge in [0.05, 0.1) is 18.4 Å². The first-order chi connectivity index (χ1) is 14.6. The smallest absolute Gasteiger partial charge is 0.213 e. The Morgan fingerprint density at radius 1 is 1.27 bits per heavy atom. The maximum absolute atomic E-state index is 12.2. The molecule has 0 aliphatic carbocycles. The molecule has 1 atom stereocenters. The fraction of sp³-hybridized carbons (Fsp3) is 0.571. The Hall–Kier alpha value is -2.10. The van der Waals surface area contributed by atoms with Gasteiger partial charge >= 0.3 is 0 Å². The van der Waals surface area contributed by atoms with Crippen molar-refractivity contribution in [2.24, 2.45) is 4.99 Å². The number of aromatic nitrogens is 1. The summed E-state index contributed by atoms with van der Waals surface area (Å²) < 4.78 is 32.7. The summed E-state index contributed by atoms with van der Waals surface area (Å²) in [5, 5.41) is 7.67. The van der Waals surface area contributed by atoms with E-state index in [9.17, 15) is 8.42 Å². The Morgan fingerprint density at radius 3 is 2.93 bits per heavy atom. The maximum Gasteiger partial charge on any atom is 0.213 e. The minimum absolute atomic E-state index is 0.0134. The summed E-state index contributed by atoms with van der Waals surface area (Å²) in [6.45, 7) is 4.66. The molecule has 0 spiro atoms. The Bertz CT molecular complexity index is 920. The first-order valence-electron chi connectivity index (χ1n) is 10.7. The number of para-hydroxylation sites is 1. The van der Waals surface area contributed by atoms with Gasteiger partial charge in [0, 0.05) is 43.3 Å². The largest absolute Gasteiger partial charge is 0.377 e. The molecule has 1 fully saturated rings. The fourth-order valence-corrected chi connectivity index (χ4v) is 4.45. The lowest BCUT2D eigenvalue weighted by atomic mass is 10.1. The van der Waals surface area contributed by atoms with E-state index in [0.717, 1.165) is 31.2 Å². The number of hydrogen-bond donors (Lipinski definition) is 4. The van der Waals surface area contributed by atoms with Crippen LogP contribution in [-0.2, 0) is 21.2 Å². The highest BCUT2D eigenvalue weighted by Gasteiger charge is 2.17. The number of sulfonamides is 1. The number of ether oxygens (including phenoxy) is 1. The number of aliphatic imine (C=N–C) groups is 1. The van der Waals surface area contributed by atoms with Gasteiger partial charge in [0.15, 0.2) is 5.96 Å². The highest BCUT2D eigenvalue weighted by Crippen LogP contribution is 2.17. The molecular formula is C21H33N5O3S. The summed E-state index contributed by atoms with van der Waals surface area (Å²) in [6, 6.07) is 8.22. The molecule has 4 N–H and O–H groups in total. The molecule has 1 saturated heterocycles. The second kappa shape index (κ2) is 11.3. The van der Waals surface area contributed by atoms with Crippen LogP contribution in [0.1, 0.15) is 31.7 Å². The molecule has 0 amide bonds. The molecule has 166 valence electrons. The van der Waals surface area contributed by atoms with E-state index < -0.39 is 10.0 Å². The zero-order valence-corrected chi connectivity index (χ0v) is 18.4. The van der Waals surface area contributed by atoms with Gasteiger partial charge < -0.3 is 20.4 Å². The van der Waals surface area contributed by atoms with Gasteiger partial charge in [-0.1, -0.05) is 18.2 Å². The Labute approximate surface area is 178 Å². The van der Waals surface area contributed by atoms with Crippen molar-refractivity contribution < 1.29 is 13.2 Å². The zero-order chi connectivity index (χ0) is 21.2. The lowest BCUT2D eigenvalue weighted by Crippen LogP contribution is -2.39. The van der Waals surface area contributed by atoms with E-state index in [1.54, 1.807) is 0 Å². The normalized spacial score (nSPS) is 17.9. The van der Waals surface area contributed by atoms with Crippen molar-refractivity contribution in [3.8, 4) is 0 Å². The van der Waals surface area contributed by atoms with Gasteiger partial charge in [-0.05, 0) is 44.2 Å². The van der Waals surface area contributed by atoms with E-state index in [1.807, 2.05) is 25.3 Å². The SMILES string of the molecule is CCNC(=NCCS(=O)(=O)NCC1CCCCO1)NCCc1c[nH]c2ccccc12. The minimum atomic E-state index is -3.37. The molecule has 0 radical (unpaired) electrons. The van der Waals surface area contributed by atoms with Gasteiger partial charge in [0.1, 0.15) is 0 Å². The number of H-pyrrole nitrogens is 1. The predicted octanol–water partition coefficient (Wildman–Crippen LogP) is 1.75. The van der Waals surface area contributed by atoms with Crippen LogP contribution in [0.4, 0.5) is 0 Å². The Kier molecular flexibility index (Phi) is 8.53. The van der Waals surface area contributed by atoms with Gasteiger partial charge in [0.25, 0.3) is 0 Å². The molecule has 0 bridgehead atoms. The molecule has 9 heteroatoms. The van der Waals surface area contributed by atoms with Crippen LogP contribution in [0.5, 0.6) is 0 Å². The van der Waals surface area contributed by atoms with Crippen LogP contribution >= 0.6 is 0 Å². The van der Waals surface area contributed by atoms with Crippen LogP contribution in [0.15, 0.2) is 35.5 Å². The third-order valence-corrected chi connectivity index (χ3v) is 6.47. The molecule has 1 aliphatic heterocycles. The number of rotatable bonds is 10. The van der Waals surface area contributed by atoms with Gasteiger partial charge in [-0.15, -0.1) is 0 Å². The van der Waals surface area contributed by atoms with Crippen LogP contribution < -0.4 is 15.4 Å². The van der Waals surface area contributed by atoms with Crippen molar-refractivity contribution in [1.29, 1.82) is 0 Å². The van der Waals surface area contributed by atoms with Crippen molar-refractivity contribution in [2.75, 3.05) is 38.5 Å². The molecular weight excluding hydrogens is 402 g/mol. The molecule has 2 heterocycles. The van der Waals surface area contributed by atoms with Gasteiger partial charge in [-0.25, -0.2) is 13.1 Å². The van der Waals surface area contributed by atoms with Crippen molar-refractivity contribution in [2.45, 2.75) is 38.7 Å². The van der Waals surface area contributed by atoms with Crippen LogP contribution in [0.2, 0.25) is 0 Å². The predicted molar refractivity (Wildman–Crippen MR) is 121 cm³/mol. The van der Waals surface area contributed by atoms with E-state index in [1.165, 1.54) is 10.9 Å². The van der Waals surface area contributed by atoms with Crippen molar-refractivity contribution in [1.82, 2.24) is 20.3 Å². The van der Waals surface area contributed by atoms with Crippen LogP contribution in [0.3, 0.4) is 0 Å². The van der Waals surface area contributed by atoms with E-state index in [0.29, 0.717) is 32.2 Å². The molecule has 1 aliphatic rings. The molecule has 2 aromatic rings. The van der Waals surface area contributed by atoms with Gasteiger partial charge in [-0.2, -0.15) is 0 Å². The zero-order valence-electron chi connectivity index (χ0n) is 17.6. The number of benzene rings is 1. The number of hydrogen-bond acceptors (Lipinski definition) is 4. The van der Waals surface area contributed by atoms with Crippen LogP contribution in [-0.4, -0.2) is 64.0 Å². The monoisotopic (exact) mass is 435 g/mol. The first-order valence-corrected chi connectivity index (χ1v) is 12.4. The highest BCUT2D eigenvalue weighted by molar-refractivity contribution is 7.89. The van der Waals surface area contributed by atoms with E-state index >= 15 is 0 Å². The van der Waals surface area contributed by atoms with Crippen LogP contribution in [0.25, 0.3) is 10.9 Å². The third kappa shape index (κ3) is 7.00. The van der Waals surface area contributed by atoms with E-state index in [2.05, 4.69) is 37.5 Å². The standard InChI is InChI=1S/C21H33N5O3S/c1-2-22-21(23-11-10-17-15-25-20-9-4-3-8-19(17)20)24-12-14-30(27,28)26-16-18-7-5-6-13-29-18/h3-4,8-9,15,18,25-26H,2,5-7,10-14,16H2,1H3,(H2,22,23,24). The van der Waals surface area contributed by atoms with Crippen molar-refractivity contribution >= 4 is 26.9 Å². The average Bonchev–Trinajstić information content (AvgIpc) is 3.16. The number of nitrogens with zero attached hydrogens (tertiary/aromatic N) is 1. The Morgan fingerprint density at radius 2 is 2.13 bits per heavy atom. The number of nitrogens with one attached hydrogen (secondary N) is 4. The lowest BCUT2D eigenvalue weighted by Gasteiger charge is -2.22. The summed E-state index contributed by atoms with van der Waals surface area (Å²) in [4.78, 5) is 7.69. The van der Waals surface area contributed by atoms with Gasteiger partial charge in [0.2, 0.25) is 10.0 Å². The quantitative estimate of drug-likeness (QED) is 0.336. The number of fused-ring (bicyclic) bond motifs is 1. The van der Waals surface area contributed by atoms with E-state index in [-0.39, 0.29) is 18.4 Å². The first kappa shape index (κ1) is 22.6.